The molecule has 1 aromatic heterocycles. The van der Waals surface area contributed by atoms with E-state index in [0.29, 0.717) is 38.3 Å². The van der Waals surface area contributed by atoms with Gasteiger partial charge in [0.15, 0.2) is 0 Å². The number of ether oxygens (including phenoxy) is 1. The summed E-state index contributed by atoms with van der Waals surface area (Å²) in [5, 5.41) is 2.76. The number of rotatable bonds is 1. The highest BCUT2D eigenvalue weighted by Gasteiger charge is 2.40. The molecule has 126 valence electrons. The second-order valence-electron chi connectivity index (χ2n) is 5.76. The van der Waals surface area contributed by atoms with Crippen LogP contribution in [0.3, 0.4) is 0 Å². The molecule has 23 heavy (non-hydrogen) atoms. The van der Waals surface area contributed by atoms with Crippen LogP contribution in [0.4, 0.5) is 19.0 Å². The number of piperidine rings is 1. The summed E-state index contributed by atoms with van der Waals surface area (Å²) in [6, 6.07) is 0.894. The number of alkyl halides is 3. The van der Waals surface area contributed by atoms with Gasteiger partial charge in [-0.1, -0.05) is 11.6 Å². The van der Waals surface area contributed by atoms with Crippen LogP contribution in [0.25, 0.3) is 0 Å². The molecule has 2 fully saturated rings. The third-order valence-electron chi connectivity index (χ3n) is 4.24. The molecule has 1 N–H and O–H groups in total. The van der Waals surface area contributed by atoms with Gasteiger partial charge in [-0.3, -0.25) is 4.79 Å². The molecule has 0 bridgehead atoms. The third-order valence-corrected chi connectivity index (χ3v) is 4.52. The molecule has 1 amide bonds. The molecule has 0 aromatic carbocycles. The molecule has 1 spiro atoms. The van der Waals surface area contributed by atoms with Gasteiger partial charge in [0.2, 0.25) is 5.91 Å². The number of hydrogen-bond acceptors (Lipinski definition) is 4. The average molecular weight is 350 g/mol. The molecule has 9 heteroatoms. The molecule has 3 heterocycles. The van der Waals surface area contributed by atoms with Crippen LogP contribution in [0.2, 0.25) is 5.02 Å². The number of carbonyl (C=O) groups is 1. The molecule has 1 aromatic rings. The Kier molecular flexibility index (Phi) is 4.14. The van der Waals surface area contributed by atoms with Gasteiger partial charge in [-0.05, 0) is 18.9 Å². The summed E-state index contributed by atoms with van der Waals surface area (Å²) in [7, 11) is 0. The van der Waals surface area contributed by atoms with Gasteiger partial charge < -0.3 is 15.0 Å². The first-order valence-corrected chi connectivity index (χ1v) is 7.55. The quantitative estimate of drug-likeness (QED) is 0.845. The zero-order valence-corrected chi connectivity index (χ0v) is 12.9. The third kappa shape index (κ3) is 3.37. The van der Waals surface area contributed by atoms with Crippen molar-refractivity contribution in [2.24, 2.45) is 0 Å². The first-order chi connectivity index (χ1) is 10.8. The fourth-order valence-corrected chi connectivity index (χ4v) is 3.13. The summed E-state index contributed by atoms with van der Waals surface area (Å²) in [6.45, 7) is 1.59. The summed E-state index contributed by atoms with van der Waals surface area (Å²) in [5.41, 5.74) is -1.26. The Morgan fingerprint density at radius 2 is 2.04 bits per heavy atom. The molecule has 0 atom stereocenters. The highest BCUT2D eigenvalue weighted by atomic mass is 35.5. The fraction of sp³-hybridized carbons (Fsp3) is 0.571. The SMILES string of the molecule is O=C1COC2(CCN(c3ncc(C(F)(F)F)cc3Cl)CC2)CN1. The maximum absolute atomic E-state index is 12.6. The standard InChI is InChI=1S/C14H15ClF3N3O2/c15-10-5-9(14(16,17)18)6-19-12(10)21-3-1-13(2-4-21)8-20-11(22)7-23-13/h5-6H,1-4,7-8H2,(H,20,22). The second kappa shape index (κ2) is 5.83. The Labute approximate surface area is 135 Å². The van der Waals surface area contributed by atoms with Crippen molar-refractivity contribution in [1.29, 1.82) is 0 Å². The predicted molar refractivity (Wildman–Crippen MR) is 77.4 cm³/mol. The summed E-state index contributed by atoms with van der Waals surface area (Å²) in [6.07, 6.45) is -2.38. The van der Waals surface area contributed by atoms with Gasteiger partial charge in [-0.15, -0.1) is 0 Å². The normalized spacial score (nSPS) is 21.4. The molecule has 3 rings (SSSR count). The zero-order chi connectivity index (χ0) is 16.7. The Morgan fingerprint density at radius 1 is 1.35 bits per heavy atom. The summed E-state index contributed by atoms with van der Waals surface area (Å²) >= 11 is 5.97. The van der Waals surface area contributed by atoms with E-state index in [1.54, 1.807) is 0 Å². The van der Waals surface area contributed by atoms with Crippen LogP contribution in [0.5, 0.6) is 0 Å². The number of anilines is 1. The molecule has 0 radical (unpaired) electrons. The maximum atomic E-state index is 12.6. The number of halogens is 4. The lowest BCUT2D eigenvalue weighted by Gasteiger charge is -2.44. The van der Waals surface area contributed by atoms with Crippen molar-refractivity contribution in [3.8, 4) is 0 Å². The largest absolute Gasteiger partial charge is 0.417 e. The van der Waals surface area contributed by atoms with Crippen molar-refractivity contribution < 1.29 is 22.7 Å². The van der Waals surface area contributed by atoms with Gasteiger partial charge in [-0.2, -0.15) is 13.2 Å². The lowest BCUT2D eigenvalue weighted by molar-refractivity contribution is -0.146. The van der Waals surface area contributed by atoms with Crippen molar-refractivity contribution in [2.75, 3.05) is 31.1 Å². The Bertz CT molecular complexity index is 604. The first kappa shape index (κ1) is 16.3. The lowest BCUT2D eigenvalue weighted by atomic mass is 9.90. The molecule has 2 aliphatic rings. The van der Waals surface area contributed by atoms with E-state index in [9.17, 15) is 18.0 Å². The van der Waals surface area contributed by atoms with Crippen LogP contribution >= 0.6 is 11.6 Å². The van der Waals surface area contributed by atoms with E-state index in [0.717, 1.165) is 12.3 Å². The van der Waals surface area contributed by atoms with E-state index in [1.807, 2.05) is 4.90 Å². The van der Waals surface area contributed by atoms with Crippen LogP contribution in [0.15, 0.2) is 12.3 Å². The summed E-state index contributed by atoms with van der Waals surface area (Å²) in [4.78, 5) is 16.9. The van der Waals surface area contributed by atoms with Crippen molar-refractivity contribution in [3.05, 3.63) is 22.8 Å². The van der Waals surface area contributed by atoms with Gasteiger partial charge >= 0.3 is 6.18 Å². The summed E-state index contributed by atoms with van der Waals surface area (Å²) < 4.78 is 43.6. The molecule has 0 saturated carbocycles. The number of pyridine rings is 1. The topological polar surface area (TPSA) is 54.5 Å². The van der Waals surface area contributed by atoms with E-state index >= 15 is 0 Å². The highest BCUT2D eigenvalue weighted by Crippen LogP contribution is 2.36. The number of morpholine rings is 1. The van der Waals surface area contributed by atoms with Crippen LogP contribution in [0, 0.1) is 0 Å². The number of nitrogens with zero attached hydrogens (tertiary/aromatic N) is 2. The van der Waals surface area contributed by atoms with Crippen molar-refractivity contribution in [1.82, 2.24) is 10.3 Å². The molecule has 5 nitrogen and oxygen atoms in total. The molecular weight excluding hydrogens is 335 g/mol. The van der Waals surface area contributed by atoms with Crippen molar-refractivity contribution in [2.45, 2.75) is 24.6 Å². The van der Waals surface area contributed by atoms with Crippen LogP contribution < -0.4 is 10.2 Å². The predicted octanol–water partition coefficient (Wildman–Crippen LogP) is 2.24. The van der Waals surface area contributed by atoms with Gasteiger partial charge in [0.1, 0.15) is 12.4 Å². The van der Waals surface area contributed by atoms with E-state index in [1.165, 1.54) is 0 Å². The minimum Gasteiger partial charge on any atom is -0.363 e. The van der Waals surface area contributed by atoms with Crippen LogP contribution in [-0.2, 0) is 15.7 Å². The molecule has 2 aliphatic heterocycles. The van der Waals surface area contributed by atoms with Gasteiger partial charge in [0.25, 0.3) is 0 Å². The number of aromatic nitrogens is 1. The maximum Gasteiger partial charge on any atom is 0.417 e. The van der Waals surface area contributed by atoms with Gasteiger partial charge in [-0.25, -0.2) is 4.98 Å². The fourth-order valence-electron chi connectivity index (χ4n) is 2.85. The van der Waals surface area contributed by atoms with Crippen LogP contribution in [0.1, 0.15) is 18.4 Å². The number of nitrogens with one attached hydrogen (secondary N) is 1. The van der Waals surface area contributed by atoms with E-state index in [4.69, 9.17) is 16.3 Å². The molecule has 0 aliphatic carbocycles. The van der Waals surface area contributed by atoms with Gasteiger partial charge in [0.05, 0.1) is 16.2 Å². The Hall–Kier alpha value is -1.54. The van der Waals surface area contributed by atoms with E-state index in [-0.39, 0.29) is 17.5 Å². The second-order valence-corrected chi connectivity index (χ2v) is 6.17. The number of carbonyl (C=O) groups excluding carboxylic acids is 1. The average Bonchev–Trinajstić information content (AvgIpc) is 2.51. The Balaban J connectivity index is 1.69. The van der Waals surface area contributed by atoms with Gasteiger partial charge in [0, 0.05) is 25.8 Å². The minimum atomic E-state index is -4.46. The minimum absolute atomic E-state index is 0.0198. The highest BCUT2D eigenvalue weighted by molar-refractivity contribution is 6.33. The molecular formula is C14H15ClF3N3O2. The zero-order valence-electron chi connectivity index (χ0n) is 12.1. The smallest absolute Gasteiger partial charge is 0.363 e. The van der Waals surface area contributed by atoms with E-state index < -0.39 is 17.3 Å². The van der Waals surface area contributed by atoms with Crippen molar-refractivity contribution >= 4 is 23.3 Å². The van der Waals surface area contributed by atoms with E-state index in [2.05, 4.69) is 10.3 Å². The lowest BCUT2D eigenvalue weighted by Crippen LogP contribution is -2.57. The monoisotopic (exact) mass is 349 g/mol. The summed E-state index contributed by atoms with van der Waals surface area (Å²) in [5.74, 6) is 0.208. The number of hydrogen-bond donors (Lipinski definition) is 1. The molecule has 2 saturated heterocycles. The molecule has 0 unspecified atom stereocenters. The Morgan fingerprint density at radius 3 is 2.57 bits per heavy atom. The number of amides is 1. The van der Waals surface area contributed by atoms with Crippen molar-refractivity contribution in [3.63, 3.8) is 0 Å². The van der Waals surface area contributed by atoms with Crippen LogP contribution in [-0.4, -0.2) is 42.7 Å². The first-order valence-electron chi connectivity index (χ1n) is 7.17.